The average Bonchev–Trinajstić information content (AvgIpc) is 2.89. The standard InChI is InChI=1S/C15H20N4O2/c1-10-4-5-13(11(2)16-10)8-19-6-7-20-14(9-19)15-18-17-12(3)21-15/h4-5,14H,6-9H2,1-3H3. The molecule has 1 aliphatic heterocycles. The van der Waals surface area contributed by atoms with Crippen molar-refractivity contribution in [2.24, 2.45) is 0 Å². The van der Waals surface area contributed by atoms with Crippen LogP contribution in [0.2, 0.25) is 0 Å². The monoisotopic (exact) mass is 288 g/mol. The highest BCUT2D eigenvalue weighted by Crippen LogP contribution is 2.22. The van der Waals surface area contributed by atoms with E-state index in [9.17, 15) is 0 Å². The lowest BCUT2D eigenvalue weighted by atomic mass is 10.1. The van der Waals surface area contributed by atoms with Crippen LogP contribution in [-0.2, 0) is 11.3 Å². The summed E-state index contributed by atoms with van der Waals surface area (Å²) in [4.78, 5) is 6.86. The van der Waals surface area contributed by atoms with Crippen LogP contribution >= 0.6 is 0 Å². The van der Waals surface area contributed by atoms with Gasteiger partial charge in [0.05, 0.1) is 6.61 Å². The van der Waals surface area contributed by atoms with E-state index in [1.165, 1.54) is 5.56 Å². The summed E-state index contributed by atoms with van der Waals surface area (Å²) < 4.78 is 11.2. The third-order valence-corrected chi connectivity index (χ3v) is 3.70. The van der Waals surface area contributed by atoms with Gasteiger partial charge in [0.15, 0.2) is 0 Å². The summed E-state index contributed by atoms with van der Waals surface area (Å²) in [5, 5.41) is 7.93. The molecule has 6 heteroatoms. The molecular formula is C15H20N4O2. The van der Waals surface area contributed by atoms with Crippen LogP contribution in [-0.4, -0.2) is 39.8 Å². The van der Waals surface area contributed by atoms with E-state index in [0.717, 1.165) is 31.0 Å². The maximum atomic E-state index is 5.74. The number of hydrogen-bond donors (Lipinski definition) is 0. The normalized spacial score (nSPS) is 19.9. The fourth-order valence-electron chi connectivity index (χ4n) is 2.56. The topological polar surface area (TPSA) is 64.3 Å². The smallest absolute Gasteiger partial charge is 0.246 e. The maximum absolute atomic E-state index is 5.74. The third-order valence-electron chi connectivity index (χ3n) is 3.70. The van der Waals surface area contributed by atoms with Crippen LogP contribution in [0.3, 0.4) is 0 Å². The Kier molecular flexibility index (Phi) is 3.98. The Morgan fingerprint density at radius 3 is 2.81 bits per heavy atom. The Balaban J connectivity index is 1.68. The molecule has 0 bridgehead atoms. The van der Waals surface area contributed by atoms with Crippen molar-refractivity contribution in [2.75, 3.05) is 19.7 Å². The molecule has 0 saturated carbocycles. The Hall–Kier alpha value is -1.79. The SMILES string of the molecule is Cc1ccc(CN2CCOC(c3nnc(C)o3)C2)c(C)n1. The first-order chi connectivity index (χ1) is 10.1. The van der Waals surface area contributed by atoms with Gasteiger partial charge in [0.2, 0.25) is 11.8 Å². The third kappa shape index (κ3) is 3.28. The maximum Gasteiger partial charge on any atom is 0.246 e. The fourth-order valence-corrected chi connectivity index (χ4v) is 2.56. The second-order valence-corrected chi connectivity index (χ2v) is 5.45. The average molecular weight is 288 g/mol. The van der Waals surface area contributed by atoms with E-state index in [-0.39, 0.29) is 6.10 Å². The van der Waals surface area contributed by atoms with E-state index in [2.05, 4.69) is 39.1 Å². The zero-order valence-electron chi connectivity index (χ0n) is 12.7. The summed E-state index contributed by atoms with van der Waals surface area (Å²) in [6.07, 6.45) is -0.140. The summed E-state index contributed by atoms with van der Waals surface area (Å²) in [6.45, 7) is 9.06. The van der Waals surface area contributed by atoms with Crippen molar-refractivity contribution in [3.05, 3.63) is 40.9 Å². The van der Waals surface area contributed by atoms with E-state index in [4.69, 9.17) is 9.15 Å². The molecule has 1 fully saturated rings. The van der Waals surface area contributed by atoms with Gasteiger partial charge in [-0.1, -0.05) is 6.07 Å². The van der Waals surface area contributed by atoms with Crippen LogP contribution in [0.5, 0.6) is 0 Å². The first-order valence-corrected chi connectivity index (χ1v) is 7.19. The Morgan fingerprint density at radius 2 is 2.10 bits per heavy atom. The number of nitrogens with zero attached hydrogens (tertiary/aromatic N) is 4. The highest BCUT2D eigenvalue weighted by atomic mass is 16.5. The number of ether oxygens (including phenoxy) is 1. The van der Waals surface area contributed by atoms with Crippen molar-refractivity contribution in [1.82, 2.24) is 20.1 Å². The summed E-state index contributed by atoms with van der Waals surface area (Å²) in [6, 6.07) is 4.21. The molecule has 1 unspecified atom stereocenters. The minimum atomic E-state index is -0.140. The van der Waals surface area contributed by atoms with E-state index >= 15 is 0 Å². The van der Waals surface area contributed by atoms with Gasteiger partial charge in [-0.2, -0.15) is 0 Å². The van der Waals surface area contributed by atoms with Crippen LogP contribution in [0.1, 0.15) is 34.8 Å². The number of rotatable bonds is 3. The van der Waals surface area contributed by atoms with Crippen molar-refractivity contribution in [3.63, 3.8) is 0 Å². The predicted molar refractivity (Wildman–Crippen MR) is 76.7 cm³/mol. The molecule has 0 radical (unpaired) electrons. The highest BCUT2D eigenvalue weighted by Gasteiger charge is 2.26. The van der Waals surface area contributed by atoms with Gasteiger partial charge >= 0.3 is 0 Å². The van der Waals surface area contributed by atoms with Gasteiger partial charge in [0.25, 0.3) is 0 Å². The number of aryl methyl sites for hydroxylation is 3. The number of aromatic nitrogens is 3. The Bertz CT molecular complexity index is 626. The number of hydrogen-bond acceptors (Lipinski definition) is 6. The summed E-state index contributed by atoms with van der Waals surface area (Å²) in [7, 11) is 0. The molecule has 3 heterocycles. The van der Waals surface area contributed by atoms with Crippen molar-refractivity contribution in [1.29, 1.82) is 0 Å². The molecule has 1 saturated heterocycles. The molecule has 21 heavy (non-hydrogen) atoms. The van der Waals surface area contributed by atoms with Gasteiger partial charge in [-0.05, 0) is 25.5 Å². The summed E-state index contributed by atoms with van der Waals surface area (Å²) >= 11 is 0. The van der Waals surface area contributed by atoms with Crippen molar-refractivity contribution in [3.8, 4) is 0 Å². The molecule has 0 amide bonds. The zero-order chi connectivity index (χ0) is 14.8. The molecule has 6 nitrogen and oxygen atoms in total. The Morgan fingerprint density at radius 1 is 1.24 bits per heavy atom. The molecule has 1 aliphatic rings. The van der Waals surface area contributed by atoms with Gasteiger partial charge in [0, 0.05) is 37.9 Å². The lowest BCUT2D eigenvalue weighted by Gasteiger charge is -2.31. The van der Waals surface area contributed by atoms with Crippen molar-refractivity contribution < 1.29 is 9.15 Å². The molecule has 0 aromatic carbocycles. The van der Waals surface area contributed by atoms with E-state index in [1.54, 1.807) is 6.92 Å². The minimum absolute atomic E-state index is 0.140. The molecule has 112 valence electrons. The lowest BCUT2D eigenvalue weighted by molar-refractivity contribution is -0.0457. The lowest BCUT2D eigenvalue weighted by Crippen LogP contribution is -2.38. The van der Waals surface area contributed by atoms with E-state index < -0.39 is 0 Å². The van der Waals surface area contributed by atoms with Gasteiger partial charge in [-0.25, -0.2) is 0 Å². The molecular weight excluding hydrogens is 268 g/mol. The van der Waals surface area contributed by atoms with Crippen LogP contribution in [0.15, 0.2) is 16.5 Å². The van der Waals surface area contributed by atoms with Gasteiger partial charge in [0.1, 0.15) is 6.10 Å². The first-order valence-electron chi connectivity index (χ1n) is 7.19. The number of morpholine rings is 1. The molecule has 1 atom stereocenters. The first kappa shape index (κ1) is 14.2. The van der Waals surface area contributed by atoms with Crippen LogP contribution in [0.25, 0.3) is 0 Å². The summed E-state index contributed by atoms with van der Waals surface area (Å²) in [5.74, 6) is 1.14. The summed E-state index contributed by atoms with van der Waals surface area (Å²) in [5.41, 5.74) is 3.40. The van der Waals surface area contributed by atoms with Crippen molar-refractivity contribution in [2.45, 2.75) is 33.4 Å². The minimum Gasteiger partial charge on any atom is -0.423 e. The quantitative estimate of drug-likeness (QED) is 0.860. The van der Waals surface area contributed by atoms with Gasteiger partial charge < -0.3 is 9.15 Å². The molecule has 3 rings (SSSR count). The van der Waals surface area contributed by atoms with Gasteiger partial charge in [-0.3, -0.25) is 9.88 Å². The molecule has 2 aromatic rings. The molecule has 2 aromatic heterocycles. The predicted octanol–water partition coefficient (Wildman–Crippen LogP) is 1.96. The van der Waals surface area contributed by atoms with Crippen LogP contribution in [0.4, 0.5) is 0 Å². The molecule has 0 N–H and O–H groups in total. The van der Waals surface area contributed by atoms with Crippen molar-refractivity contribution >= 4 is 0 Å². The van der Waals surface area contributed by atoms with Crippen LogP contribution < -0.4 is 0 Å². The van der Waals surface area contributed by atoms with Gasteiger partial charge in [-0.15, -0.1) is 10.2 Å². The zero-order valence-corrected chi connectivity index (χ0v) is 12.7. The molecule has 0 spiro atoms. The highest BCUT2D eigenvalue weighted by molar-refractivity contribution is 5.21. The van der Waals surface area contributed by atoms with E-state index in [1.807, 2.05) is 6.92 Å². The Labute approximate surface area is 124 Å². The fraction of sp³-hybridized carbons (Fsp3) is 0.533. The largest absolute Gasteiger partial charge is 0.423 e. The second-order valence-electron chi connectivity index (χ2n) is 5.45. The van der Waals surface area contributed by atoms with E-state index in [0.29, 0.717) is 18.4 Å². The molecule has 0 aliphatic carbocycles. The second kappa shape index (κ2) is 5.91. The van der Waals surface area contributed by atoms with Crippen LogP contribution in [0, 0.1) is 20.8 Å². The number of pyridine rings is 1.